The summed E-state index contributed by atoms with van der Waals surface area (Å²) in [4.78, 5) is 22.1. The lowest BCUT2D eigenvalue weighted by molar-refractivity contribution is -0.117. The van der Waals surface area contributed by atoms with Crippen molar-refractivity contribution in [3.8, 4) is 0 Å². The maximum absolute atomic E-state index is 11.3. The summed E-state index contributed by atoms with van der Waals surface area (Å²) in [6, 6.07) is 4.47. The first-order valence-electron chi connectivity index (χ1n) is 4.15. The summed E-state index contributed by atoms with van der Waals surface area (Å²) >= 11 is 13.2. The van der Waals surface area contributed by atoms with E-state index in [1.807, 2.05) is 5.32 Å². The standard InChI is InChI=1S/C9H7Cl2IN2O2/c10-4-8(15)14-9(16)13-7-2-1-5(12)3-6(7)11/h1-3H,4H2,(H2,13,14,15,16). The van der Waals surface area contributed by atoms with Crippen LogP contribution in [-0.4, -0.2) is 17.8 Å². The monoisotopic (exact) mass is 372 g/mol. The smallest absolute Gasteiger partial charge is 0.306 e. The van der Waals surface area contributed by atoms with Crippen LogP contribution in [0.25, 0.3) is 0 Å². The highest BCUT2D eigenvalue weighted by molar-refractivity contribution is 14.1. The lowest BCUT2D eigenvalue weighted by Gasteiger charge is -2.07. The van der Waals surface area contributed by atoms with Crippen LogP contribution in [0.15, 0.2) is 18.2 Å². The molecule has 7 heteroatoms. The van der Waals surface area contributed by atoms with Crippen molar-refractivity contribution in [1.82, 2.24) is 5.32 Å². The van der Waals surface area contributed by atoms with Crippen LogP contribution >= 0.6 is 45.8 Å². The fourth-order valence-electron chi connectivity index (χ4n) is 0.904. The van der Waals surface area contributed by atoms with Gasteiger partial charge >= 0.3 is 6.03 Å². The number of rotatable bonds is 2. The Morgan fingerprint density at radius 1 is 1.38 bits per heavy atom. The number of anilines is 1. The van der Waals surface area contributed by atoms with E-state index in [0.717, 1.165) is 3.57 Å². The zero-order chi connectivity index (χ0) is 12.1. The minimum atomic E-state index is -0.659. The molecule has 0 spiro atoms. The van der Waals surface area contributed by atoms with Crippen molar-refractivity contribution in [2.45, 2.75) is 0 Å². The number of halogens is 3. The summed E-state index contributed by atoms with van der Waals surface area (Å²) in [5, 5.41) is 4.88. The van der Waals surface area contributed by atoms with Crippen molar-refractivity contribution in [3.63, 3.8) is 0 Å². The van der Waals surface area contributed by atoms with E-state index in [-0.39, 0.29) is 5.88 Å². The van der Waals surface area contributed by atoms with Gasteiger partial charge in [-0.15, -0.1) is 11.6 Å². The van der Waals surface area contributed by atoms with Gasteiger partial charge in [0.05, 0.1) is 10.7 Å². The van der Waals surface area contributed by atoms with Crippen LogP contribution in [0.3, 0.4) is 0 Å². The van der Waals surface area contributed by atoms with Gasteiger partial charge < -0.3 is 5.32 Å². The van der Waals surface area contributed by atoms with Crippen LogP contribution in [0.1, 0.15) is 0 Å². The largest absolute Gasteiger partial charge is 0.325 e. The maximum Gasteiger partial charge on any atom is 0.325 e. The van der Waals surface area contributed by atoms with E-state index in [2.05, 4.69) is 27.9 Å². The molecule has 0 heterocycles. The first-order valence-corrected chi connectivity index (χ1v) is 6.14. The molecule has 0 aliphatic rings. The van der Waals surface area contributed by atoms with Crippen molar-refractivity contribution in [2.24, 2.45) is 0 Å². The van der Waals surface area contributed by atoms with E-state index >= 15 is 0 Å². The van der Waals surface area contributed by atoms with Crippen molar-refractivity contribution < 1.29 is 9.59 Å². The molecule has 0 aliphatic carbocycles. The van der Waals surface area contributed by atoms with Gasteiger partial charge in [-0.3, -0.25) is 10.1 Å². The number of hydrogen-bond acceptors (Lipinski definition) is 2. The number of alkyl halides is 1. The second kappa shape index (κ2) is 6.27. The predicted octanol–water partition coefficient (Wildman–Crippen LogP) is 2.83. The Kier molecular flexibility index (Phi) is 5.30. The summed E-state index contributed by atoms with van der Waals surface area (Å²) in [5.74, 6) is -0.839. The topological polar surface area (TPSA) is 58.2 Å². The molecule has 0 aromatic heterocycles. The third-order valence-electron chi connectivity index (χ3n) is 1.55. The Morgan fingerprint density at radius 3 is 2.62 bits per heavy atom. The van der Waals surface area contributed by atoms with Crippen LogP contribution in [-0.2, 0) is 4.79 Å². The Balaban J connectivity index is 2.66. The molecule has 1 aromatic rings. The molecule has 1 rings (SSSR count). The fraction of sp³-hybridized carbons (Fsp3) is 0.111. The number of urea groups is 1. The van der Waals surface area contributed by atoms with E-state index in [1.54, 1.807) is 18.2 Å². The molecule has 0 bridgehead atoms. The Labute approximate surface area is 116 Å². The average Bonchev–Trinajstić information content (AvgIpc) is 2.22. The summed E-state index contributed by atoms with van der Waals surface area (Å²) in [6.45, 7) is 0. The number of imide groups is 1. The van der Waals surface area contributed by atoms with Gasteiger partial charge in [-0.25, -0.2) is 4.79 Å². The molecule has 0 atom stereocenters. The maximum atomic E-state index is 11.3. The molecule has 86 valence electrons. The van der Waals surface area contributed by atoms with E-state index in [1.165, 1.54) is 0 Å². The molecule has 0 saturated carbocycles. The fourth-order valence-corrected chi connectivity index (χ4v) is 1.87. The lowest BCUT2D eigenvalue weighted by atomic mass is 10.3. The third kappa shape index (κ3) is 4.15. The Hall–Kier alpha value is -0.530. The molecule has 0 radical (unpaired) electrons. The quantitative estimate of drug-likeness (QED) is 0.619. The number of hydrogen-bond donors (Lipinski definition) is 2. The predicted molar refractivity (Wildman–Crippen MR) is 72.1 cm³/mol. The van der Waals surface area contributed by atoms with Crippen molar-refractivity contribution in [3.05, 3.63) is 26.8 Å². The van der Waals surface area contributed by atoms with Gasteiger partial charge in [0.15, 0.2) is 0 Å². The van der Waals surface area contributed by atoms with Crippen LogP contribution in [0.4, 0.5) is 10.5 Å². The molecule has 0 fully saturated rings. The van der Waals surface area contributed by atoms with Crippen LogP contribution in [0.2, 0.25) is 5.02 Å². The summed E-state index contributed by atoms with van der Waals surface area (Å²) in [5.41, 5.74) is 0.432. The highest BCUT2D eigenvalue weighted by Crippen LogP contribution is 2.23. The number of amides is 3. The van der Waals surface area contributed by atoms with E-state index in [9.17, 15) is 9.59 Å². The first kappa shape index (κ1) is 13.5. The van der Waals surface area contributed by atoms with Crippen molar-refractivity contribution in [2.75, 3.05) is 11.2 Å². The van der Waals surface area contributed by atoms with Gasteiger partial charge in [-0.1, -0.05) is 11.6 Å². The summed E-state index contributed by atoms with van der Waals surface area (Å²) in [6.07, 6.45) is 0. The average molecular weight is 373 g/mol. The molecular weight excluding hydrogens is 366 g/mol. The minimum absolute atomic E-state index is 0.270. The molecule has 1 aromatic carbocycles. The van der Waals surface area contributed by atoms with Crippen LogP contribution in [0.5, 0.6) is 0 Å². The molecule has 16 heavy (non-hydrogen) atoms. The summed E-state index contributed by atoms with van der Waals surface area (Å²) < 4.78 is 0.949. The van der Waals surface area contributed by atoms with Crippen molar-refractivity contribution >= 4 is 63.4 Å². The molecular formula is C9H7Cl2IN2O2. The number of benzene rings is 1. The highest BCUT2D eigenvalue weighted by Gasteiger charge is 2.08. The number of carbonyl (C=O) groups is 2. The van der Waals surface area contributed by atoms with Gasteiger partial charge in [0.25, 0.3) is 0 Å². The SMILES string of the molecule is O=C(CCl)NC(=O)Nc1ccc(I)cc1Cl. The molecule has 0 aliphatic heterocycles. The molecule has 3 amide bonds. The summed E-state index contributed by atoms with van der Waals surface area (Å²) in [7, 11) is 0. The second-order valence-electron chi connectivity index (χ2n) is 2.76. The van der Waals surface area contributed by atoms with E-state index < -0.39 is 11.9 Å². The zero-order valence-corrected chi connectivity index (χ0v) is 11.6. The van der Waals surface area contributed by atoms with Crippen molar-refractivity contribution in [1.29, 1.82) is 0 Å². The first-order chi connectivity index (χ1) is 7.52. The lowest BCUT2D eigenvalue weighted by Crippen LogP contribution is -2.35. The molecule has 2 N–H and O–H groups in total. The van der Waals surface area contributed by atoms with Gasteiger partial charge in [0.1, 0.15) is 5.88 Å². The van der Waals surface area contributed by atoms with E-state index in [0.29, 0.717) is 10.7 Å². The second-order valence-corrected chi connectivity index (χ2v) is 4.68. The van der Waals surface area contributed by atoms with Crippen LogP contribution in [0, 0.1) is 3.57 Å². The molecule has 0 saturated heterocycles. The minimum Gasteiger partial charge on any atom is -0.306 e. The highest BCUT2D eigenvalue weighted by atomic mass is 127. The van der Waals surface area contributed by atoms with Gasteiger partial charge in [-0.05, 0) is 40.8 Å². The van der Waals surface area contributed by atoms with Gasteiger partial charge in [0, 0.05) is 3.57 Å². The van der Waals surface area contributed by atoms with E-state index in [4.69, 9.17) is 23.2 Å². The van der Waals surface area contributed by atoms with Gasteiger partial charge in [-0.2, -0.15) is 0 Å². The number of carbonyl (C=O) groups excluding carboxylic acids is 2. The third-order valence-corrected chi connectivity index (χ3v) is 2.78. The Morgan fingerprint density at radius 2 is 2.06 bits per heavy atom. The van der Waals surface area contributed by atoms with Crippen LogP contribution < -0.4 is 10.6 Å². The van der Waals surface area contributed by atoms with Gasteiger partial charge in [0.2, 0.25) is 5.91 Å². The Bertz CT molecular complexity index is 426. The number of nitrogens with one attached hydrogen (secondary N) is 2. The normalized spacial score (nSPS) is 9.69. The molecule has 4 nitrogen and oxygen atoms in total. The zero-order valence-electron chi connectivity index (χ0n) is 7.89. The molecule has 0 unspecified atom stereocenters.